The Hall–Kier alpha value is -3.33. The van der Waals surface area contributed by atoms with Gasteiger partial charge in [0.05, 0.1) is 16.1 Å². The van der Waals surface area contributed by atoms with E-state index in [0.29, 0.717) is 16.8 Å². The van der Waals surface area contributed by atoms with Gasteiger partial charge in [-0.05, 0) is 31.0 Å². The molecule has 0 unspecified atom stereocenters. The van der Waals surface area contributed by atoms with Gasteiger partial charge in [-0.3, -0.25) is 14.8 Å². The van der Waals surface area contributed by atoms with Gasteiger partial charge in [0.25, 0.3) is 10.0 Å². The average Bonchev–Trinajstić information content (AvgIpc) is 3.19. The molecule has 27 heavy (non-hydrogen) atoms. The van der Waals surface area contributed by atoms with Crippen LogP contribution in [0.15, 0.2) is 56.6 Å². The number of hydrogen-bond donors (Lipinski definition) is 3. The van der Waals surface area contributed by atoms with Crippen molar-refractivity contribution in [3.05, 3.63) is 64.1 Å². The maximum Gasteiger partial charge on any atom is 0.417 e. The number of H-pyrrole nitrogens is 2. The summed E-state index contributed by atoms with van der Waals surface area (Å²) < 4.78 is 33.0. The first-order valence-corrected chi connectivity index (χ1v) is 9.59. The van der Waals surface area contributed by atoms with Gasteiger partial charge in [-0.15, -0.1) is 0 Å². The Kier molecular flexibility index (Phi) is 3.88. The van der Waals surface area contributed by atoms with Gasteiger partial charge in [-0.25, -0.2) is 13.2 Å². The van der Waals surface area contributed by atoms with Crippen LogP contribution in [0.3, 0.4) is 0 Å². The molecule has 2 aromatic carbocycles. The van der Waals surface area contributed by atoms with Crippen LogP contribution in [0.1, 0.15) is 11.1 Å². The van der Waals surface area contributed by atoms with Gasteiger partial charge in [0.1, 0.15) is 0 Å². The quantitative estimate of drug-likeness (QED) is 0.499. The smallest absolute Gasteiger partial charge is 0.408 e. The second kappa shape index (κ2) is 6.13. The first-order chi connectivity index (χ1) is 12.8. The van der Waals surface area contributed by atoms with E-state index in [1.807, 2.05) is 31.2 Å². The lowest BCUT2D eigenvalue weighted by Gasteiger charge is -2.08. The number of sulfonamides is 1. The highest BCUT2D eigenvalue weighted by Gasteiger charge is 2.21. The van der Waals surface area contributed by atoms with Crippen LogP contribution in [0.5, 0.6) is 0 Å². The number of anilines is 1. The van der Waals surface area contributed by atoms with Gasteiger partial charge < -0.3 is 4.42 Å². The lowest BCUT2D eigenvalue weighted by atomic mass is 10.1. The molecule has 0 aliphatic heterocycles. The molecule has 0 atom stereocenters. The maximum atomic E-state index is 12.8. The standard InChI is InChI=1S/C18H16N4O4S/c1-10-5-3-4-6-12(10)13-8-17(21-20-13)22-27(24,25)16-9-15-14(7-11(16)2)19-18(23)26-15/h3-9H,1-2H3,(H,19,23)(H2,20,21,22). The number of aromatic amines is 2. The van der Waals surface area contributed by atoms with Gasteiger partial charge >= 0.3 is 5.76 Å². The zero-order valence-corrected chi connectivity index (χ0v) is 15.3. The van der Waals surface area contributed by atoms with Crippen LogP contribution < -0.4 is 10.5 Å². The number of aromatic nitrogens is 3. The van der Waals surface area contributed by atoms with Gasteiger partial charge in [0.15, 0.2) is 11.4 Å². The van der Waals surface area contributed by atoms with Gasteiger partial charge in [-0.2, -0.15) is 5.10 Å². The molecule has 0 spiro atoms. The monoisotopic (exact) mass is 384 g/mol. The van der Waals surface area contributed by atoms with E-state index >= 15 is 0 Å². The lowest BCUT2D eigenvalue weighted by Crippen LogP contribution is -2.14. The summed E-state index contributed by atoms with van der Waals surface area (Å²) in [5, 5.41) is 6.89. The summed E-state index contributed by atoms with van der Waals surface area (Å²) in [5.74, 6) is -0.467. The maximum absolute atomic E-state index is 12.8. The zero-order valence-electron chi connectivity index (χ0n) is 14.5. The molecule has 4 rings (SSSR count). The first kappa shape index (κ1) is 17.1. The second-order valence-electron chi connectivity index (χ2n) is 6.22. The van der Waals surface area contributed by atoms with Crippen LogP contribution in [-0.4, -0.2) is 23.6 Å². The summed E-state index contributed by atoms with van der Waals surface area (Å²) in [4.78, 5) is 13.8. The molecule has 2 heterocycles. The van der Waals surface area contributed by atoms with E-state index in [1.165, 1.54) is 6.07 Å². The third-order valence-electron chi connectivity index (χ3n) is 4.26. The van der Waals surface area contributed by atoms with Crippen molar-refractivity contribution in [2.45, 2.75) is 18.7 Å². The third-order valence-corrected chi connectivity index (χ3v) is 5.75. The summed E-state index contributed by atoms with van der Waals surface area (Å²) in [6.07, 6.45) is 0. The SMILES string of the molecule is Cc1ccccc1-c1cc(NS(=O)(=O)c2cc3oc(=O)[nH]c3cc2C)n[nH]1. The Morgan fingerprint density at radius 1 is 1.07 bits per heavy atom. The summed E-state index contributed by atoms with van der Waals surface area (Å²) in [7, 11) is -3.91. The fourth-order valence-electron chi connectivity index (χ4n) is 2.96. The highest BCUT2D eigenvalue weighted by Crippen LogP contribution is 2.26. The molecule has 0 radical (unpaired) electrons. The van der Waals surface area contributed by atoms with E-state index in [0.717, 1.165) is 11.1 Å². The minimum absolute atomic E-state index is 0.0122. The molecule has 0 aliphatic rings. The van der Waals surface area contributed by atoms with Crippen molar-refractivity contribution in [2.75, 3.05) is 4.72 Å². The van der Waals surface area contributed by atoms with Crippen molar-refractivity contribution >= 4 is 26.9 Å². The fraction of sp³-hybridized carbons (Fsp3) is 0.111. The Morgan fingerprint density at radius 3 is 2.63 bits per heavy atom. The number of nitrogens with one attached hydrogen (secondary N) is 3. The number of rotatable bonds is 4. The number of nitrogens with zero attached hydrogens (tertiary/aromatic N) is 1. The van der Waals surface area contributed by atoms with Crippen LogP contribution in [-0.2, 0) is 10.0 Å². The van der Waals surface area contributed by atoms with E-state index < -0.39 is 15.8 Å². The molecule has 9 heteroatoms. The van der Waals surface area contributed by atoms with E-state index in [9.17, 15) is 13.2 Å². The third kappa shape index (κ3) is 3.13. The topological polar surface area (TPSA) is 121 Å². The number of benzene rings is 2. The Labute approximate surface area is 154 Å². The van der Waals surface area contributed by atoms with Crippen LogP contribution in [0.2, 0.25) is 0 Å². The Bertz CT molecular complexity index is 1310. The van der Waals surface area contributed by atoms with Crippen molar-refractivity contribution in [1.82, 2.24) is 15.2 Å². The summed E-state index contributed by atoms with van der Waals surface area (Å²) in [5.41, 5.74) is 3.77. The minimum atomic E-state index is -3.91. The molecule has 0 amide bonds. The van der Waals surface area contributed by atoms with Gasteiger partial charge in [0, 0.05) is 17.7 Å². The molecule has 3 N–H and O–H groups in total. The van der Waals surface area contributed by atoms with Crippen molar-refractivity contribution in [3.8, 4) is 11.3 Å². The van der Waals surface area contributed by atoms with Gasteiger partial charge in [0.2, 0.25) is 0 Å². The van der Waals surface area contributed by atoms with Crippen LogP contribution in [0.4, 0.5) is 5.82 Å². The molecule has 0 bridgehead atoms. The molecule has 8 nitrogen and oxygen atoms in total. The average molecular weight is 384 g/mol. The molecule has 0 fully saturated rings. The fourth-order valence-corrected chi connectivity index (χ4v) is 4.19. The normalized spacial score (nSPS) is 11.8. The summed E-state index contributed by atoms with van der Waals surface area (Å²) in [6.45, 7) is 3.60. The molecule has 138 valence electrons. The second-order valence-corrected chi connectivity index (χ2v) is 7.87. The van der Waals surface area contributed by atoms with Crippen LogP contribution in [0.25, 0.3) is 22.4 Å². The van der Waals surface area contributed by atoms with Crippen LogP contribution in [0, 0.1) is 13.8 Å². The number of hydrogen-bond acceptors (Lipinski definition) is 5. The molecular formula is C18H16N4O4S. The predicted molar refractivity (Wildman–Crippen MR) is 101 cm³/mol. The Morgan fingerprint density at radius 2 is 1.85 bits per heavy atom. The lowest BCUT2D eigenvalue weighted by molar-refractivity contribution is 0.554. The van der Waals surface area contributed by atoms with E-state index in [-0.39, 0.29) is 16.3 Å². The summed E-state index contributed by atoms with van der Waals surface area (Å²) in [6, 6.07) is 12.2. The highest BCUT2D eigenvalue weighted by atomic mass is 32.2. The largest absolute Gasteiger partial charge is 0.417 e. The van der Waals surface area contributed by atoms with Crippen molar-refractivity contribution in [3.63, 3.8) is 0 Å². The Balaban J connectivity index is 1.69. The van der Waals surface area contributed by atoms with E-state index in [2.05, 4.69) is 19.9 Å². The molecule has 2 aromatic heterocycles. The van der Waals surface area contributed by atoms with Crippen molar-refractivity contribution < 1.29 is 12.8 Å². The number of fused-ring (bicyclic) bond motifs is 1. The molecule has 0 aliphatic carbocycles. The van der Waals surface area contributed by atoms with E-state index in [1.54, 1.807) is 19.1 Å². The van der Waals surface area contributed by atoms with Crippen molar-refractivity contribution in [2.24, 2.45) is 0 Å². The molecular weight excluding hydrogens is 368 g/mol. The van der Waals surface area contributed by atoms with Gasteiger partial charge in [-0.1, -0.05) is 24.3 Å². The predicted octanol–water partition coefficient (Wildman–Crippen LogP) is 2.93. The zero-order chi connectivity index (χ0) is 19.2. The van der Waals surface area contributed by atoms with Crippen molar-refractivity contribution in [1.29, 1.82) is 0 Å². The highest BCUT2D eigenvalue weighted by molar-refractivity contribution is 7.92. The number of oxazole rings is 1. The number of aryl methyl sites for hydroxylation is 2. The minimum Gasteiger partial charge on any atom is -0.408 e. The molecule has 0 saturated heterocycles. The molecule has 0 saturated carbocycles. The van der Waals surface area contributed by atoms with Crippen LogP contribution >= 0.6 is 0 Å². The summed E-state index contributed by atoms with van der Waals surface area (Å²) >= 11 is 0. The molecule has 4 aromatic rings. The first-order valence-electron chi connectivity index (χ1n) is 8.11. The van der Waals surface area contributed by atoms with E-state index in [4.69, 9.17) is 4.42 Å².